The van der Waals surface area contributed by atoms with Gasteiger partial charge >= 0.3 is 6.09 Å². The predicted octanol–water partition coefficient (Wildman–Crippen LogP) is 6.26. The summed E-state index contributed by atoms with van der Waals surface area (Å²) in [5.74, 6) is -1.04. The molecule has 0 aromatic heterocycles. The largest absolute Gasteiger partial charge is 0.445 e. The van der Waals surface area contributed by atoms with E-state index in [1.165, 1.54) is 5.56 Å². The van der Waals surface area contributed by atoms with Gasteiger partial charge in [0.05, 0.1) is 12.6 Å². The average molecular weight is 549 g/mol. The zero-order chi connectivity index (χ0) is 27.9. The average Bonchev–Trinajstić information content (AvgIpc) is 3.51. The van der Waals surface area contributed by atoms with Crippen molar-refractivity contribution in [3.05, 3.63) is 144 Å². The van der Waals surface area contributed by atoms with E-state index < -0.39 is 5.79 Å². The Kier molecular flexibility index (Phi) is 8.42. The first-order chi connectivity index (χ1) is 20.2. The third kappa shape index (κ3) is 6.20. The lowest BCUT2D eigenvalue weighted by atomic mass is 9.93. The second-order valence-corrected chi connectivity index (χ2v) is 10.7. The van der Waals surface area contributed by atoms with Crippen molar-refractivity contribution in [1.82, 2.24) is 10.2 Å². The predicted molar refractivity (Wildman–Crippen MR) is 158 cm³/mol. The van der Waals surface area contributed by atoms with Gasteiger partial charge in [-0.2, -0.15) is 0 Å². The number of likely N-dealkylation sites (tertiary alicyclic amines) is 1. The number of amides is 1. The molecule has 1 amide bonds. The summed E-state index contributed by atoms with van der Waals surface area (Å²) in [7, 11) is 0. The van der Waals surface area contributed by atoms with Crippen molar-refractivity contribution in [1.29, 1.82) is 0 Å². The standard InChI is InChI=1S/C35H36N2O4/c38-34(39-25-28-15-7-2-8-16-28)37-22-21-31(36-24-27-13-5-1-6-14-27)23-32(37)33-26-40-35(41-33,29-17-9-3-10-18-29)30-19-11-4-12-20-30/h1-20,31-33,36H,21-26H2/t31-,32-,33-/m0/s1. The van der Waals surface area contributed by atoms with Gasteiger partial charge in [-0.25, -0.2) is 4.79 Å². The number of ether oxygens (including phenoxy) is 3. The van der Waals surface area contributed by atoms with Gasteiger partial charge in [-0.15, -0.1) is 0 Å². The zero-order valence-electron chi connectivity index (χ0n) is 23.1. The van der Waals surface area contributed by atoms with Crippen molar-refractivity contribution in [3.8, 4) is 0 Å². The molecule has 6 nitrogen and oxygen atoms in total. The molecule has 0 saturated carbocycles. The first kappa shape index (κ1) is 27.2. The van der Waals surface area contributed by atoms with E-state index in [4.69, 9.17) is 14.2 Å². The molecule has 2 saturated heterocycles. The number of hydrogen-bond donors (Lipinski definition) is 1. The summed E-state index contributed by atoms with van der Waals surface area (Å²) in [6, 6.07) is 40.3. The maximum atomic E-state index is 13.5. The summed E-state index contributed by atoms with van der Waals surface area (Å²) in [5, 5.41) is 3.72. The molecule has 2 aliphatic rings. The molecular formula is C35H36N2O4. The zero-order valence-corrected chi connectivity index (χ0v) is 23.1. The lowest BCUT2D eigenvalue weighted by Crippen LogP contribution is -2.56. The van der Waals surface area contributed by atoms with Crippen LogP contribution in [0.25, 0.3) is 0 Å². The van der Waals surface area contributed by atoms with Crippen LogP contribution in [-0.2, 0) is 33.1 Å². The van der Waals surface area contributed by atoms with Crippen LogP contribution in [0.4, 0.5) is 4.79 Å². The number of carbonyl (C=O) groups excluding carboxylic acids is 1. The molecular weight excluding hydrogens is 512 g/mol. The van der Waals surface area contributed by atoms with Gasteiger partial charge in [0.25, 0.3) is 0 Å². The van der Waals surface area contributed by atoms with Gasteiger partial charge in [0.1, 0.15) is 12.7 Å². The molecule has 6 heteroatoms. The minimum atomic E-state index is -1.04. The van der Waals surface area contributed by atoms with Crippen LogP contribution in [-0.4, -0.2) is 42.3 Å². The third-order valence-corrected chi connectivity index (χ3v) is 8.03. The van der Waals surface area contributed by atoms with E-state index in [0.717, 1.165) is 36.1 Å². The first-order valence-corrected chi connectivity index (χ1v) is 14.4. The van der Waals surface area contributed by atoms with Crippen molar-refractivity contribution in [2.24, 2.45) is 0 Å². The molecule has 4 aromatic rings. The molecule has 41 heavy (non-hydrogen) atoms. The van der Waals surface area contributed by atoms with E-state index in [9.17, 15) is 4.79 Å². The van der Waals surface area contributed by atoms with Crippen LogP contribution in [0.2, 0.25) is 0 Å². The molecule has 0 unspecified atom stereocenters. The monoisotopic (exact) mass is 548 g/mol. The molecule has 0 spiro atoms. The number of piperidine rings is 1. The maximum Gasteiger partial charge on any atom is 0.410 e. The van der Waals surface area contributed by atoms with Crippen LogP contribution in [0.15, 0.2) is 121 Å². The Bertz CT molecular complexity index is 1350. The normalized spacial score (nSPS) is 21.9. The fourth-order valence-electron chi connectivity index (χ4n) is 5.88. The lowest BCUT2D eigenvalue weighted by Gasteiger charge is -2.41. The number of nitrogens with zero attached hydrogens (tertiary/aromatic N) is 1. The van der Waals surface area contributed by atoms with E-state index >= 15 is 0 Å². The summed E-state index contributed by atoms with van der Waals surface area (Å²) in [4.78, 5) is 15.4. The topological polar surface area (TPSA) is 60.0 Å². The smallest absolute Gasteiger partial charge is 0.410 e. The van der Waals surface area contributed by atoms with E-state index in [1.54, 1.807) is 0 Å². The second kappa shape index (κ2) is 12.7. The van der Waals surface area contributed by atoms with E-state index in [1.807, 2.05) is 102 Å². The summed E-state index contributed by atoms with van der Waals surface area (Å²) < 4.78 is 19.3. The quantitative estimate of drug-likeness (QED) is 0.282. The fourth-order valence-corrected chi connectivity index (χ4v) is 5.88. The Labute approximate surface area is 241 Å². The minimum Gasteiger partial charge on any atom is -0.445 e. The van der Waals surface area contributed by atoms with Gasteiger partial charge < -0.3 is 24.4 Å². The molecule has 0 aliphatic carbocycles. The maximum absolute atomic E-state index is 13.5. The summed E-state index contributed by atoms with van der Waals surface area (Å²) >= 11 is 0. The molecule has 6 rings (SSSR count). The van der Waals surface area contributed by atoms with E-state index in [2.05, 4.69) is 29.6 Å². The summed E-state index contributed by atoms with van der Waals surface area (Å²) in [6.07, 6.45) is 0.919. The van der Waals surface area contributed by atoms with Gasteiger partial charge in [0, 0.05) is 30.3 Å². The van der Waals surface area contributed by atoms with Crippen molar-refractivity contribution in [2.45, 2.75) is 50.0 Å². The molecule has 2 fully saturated rings. The van der Waals surface area contributed by atoms with Gasteiger partial charge in [0.15, 0.2) is 0 Å². The summed E-state index contributed by atoms with van der Waals surface area (Å²) in [5.41, 5.74) is 4.06. The fraction of sp³-hybridized carbons (Fsp3) is 0.286. The third-order valence-electron chi connectivity index (χ3n) is 8.03. The van der Waals surface area contributed by atoms with Crippen molar-refractivity contribution >= 4 is 6.09 Å². The van der Waals surface area contributed by atoms with E-state index in [-0.39, 0.29) is 30.9 Å². The Balaban J connectivity index is 1.24. The van der Waals surface area contributed by atoms with Crippen molar-refractivity contribution < 1.29 is 19.0 Å². The van der Waals surface area contributed by atoms with Crippen molar-refractivity contribution in [2.75, 3.05) is 13.2 Å². The number of hydrogen-bond acceptors (Lipinski definition) is 5. The highest BCUT2D eigenvalue weighted by Crippen LogP contribution is 2.43. The number of carbonyl (C=O) groups is 1. The van der Waals surface area contributed by atoms with Crippen LogP contribution in [0.5, 0.6) is 0 Å². The molecule has 210 valence electrons. The number of benzene rings is 4. The van der Waals surface area contributed by atoms with Crippen molar-refractivity contribution in [3.63, 3.8) is 0 Å². The van der Waals surface area contributed by atoms with Crippen LogP contribution in [0.3, 0.4) is 0 Å². The van der Waals surface area contributed by atoms with Crippen LogP contribution in [0.1, 0.15) is 35.1 Å². The Morgan fingerprint density at radius 3 is 1.98 bits per heavy atom. The Morgan fingerprint density at radius 2 is 1.37 bits per heavy atom. The molecule has 4 aromatic carbocycles. The molecule has 2 aliphatic heterocycles. The van der Waals surface area contributed by atoms with Gasteiger partial charge in [-0.05, 0) is 24.0 Å². The summed E-state index contributed by atoms with van der Waals surface area (Å²) in [6.45, 7) is 1.95. The van der Waals surface area contributed by atoms with Gasteiger partial charge in [-0.1, -0.05) is 121 Å². The van der Waals surface area contributed by atoms with Crippen LogP contribution >= 0.6 is 0 Å². The van der Waals surface area contributed by atoms with E-state index in [0.29, 0.717) is 13.2 Å². The highest BCUT2D eigenvalue weighted by Gasteiger charge is 2.50. The second-order valence-electron chi connectivity index (χ2n) is 10.7. The molecule has 2 heterocycles. The molecule has 0 bridgehead atoms. The lowest BCUT2D eigenvalue weighted by molar-refractivity contribution is -0.151. The highest BCUT2D eigenvalue weighted by molar-refractivity contribution is 5.68. The highest BCUT2D eigenvalue weighted by atomic mass is 16.7. The van der Waals surface area contributed by atoms with Gasteiger partial charge in [-0.3, -0.25) is 0 Å². The van der Waals surface area contributed by atoms with Crippen LogP contribution in [0, 0.1) is 0 Å². The first-order valence-electron chi connectivity index (χ1n) is 14.4. The van der Waals surface area contributed by atoms with Crippen LogP contribution < -0.4 is 5.32 Å². The molecule has 3 atom stereocenters. The Hall–Kier alpha value is -3.97. The Morgan fingerprint density at radius 1 is 0.805 bits per heavy atom. The molecule has 0 radical (unpaired) electrons. The molecule has 1 N–H and O–H groups in total. The van der Waals surface area contributed by atoms with Gasteiger partial charge in [0.2, 0.25) is 5.79 Å². The number of nitrogens with one attached hydrogen (secondary N) is 1. The number of rotatable bonds is 8. The SMILES string of the molecule is O=C(OCc1ccccc1)N1CC[C@H](NCc2ccccc2)C[C@H]1[C@@H]1COC(c2ccccc2)(c2ccccc2)O1. The minimum absolute atomic E-state index is 0.213.